The molecule has 0 N–H and O–H groups in total. The molecular weight excluding hydrogens is 228 g/mol. The Hall–Kier alpha value is -1.56. The Morgan fingerprint density at radius 2 is 1.53 bits per heavy atom. The molecule has 0 atom stereocenters. The topological polar surface area (TPSA) is 0 Å². The largest absolute Gasteiger partial charge is 0.0654 e. The Morgan fingerprint density at radius 1 is 0.737 bits per heavy atom. The first-order valence-electron chi connectivity index (χ1n) is 7.53. The fourth-order valence-corrected chi connectivity index (χ4v) is 2.68. The van der Waals surface area contributed by atoms with Crippen molar-refractivity contribution in [3.8, 4) is 11.1 Å². The number of hydrogen-bond donors (Lipinski definition) is 0. The van der Waals surface area contributed by atoms with Crippen LogP contribution in [0, 0.1) is 0 Å². The third-order valence-electron chi connectivity index (χ3n) is 3.66. The van der Waals surface area contributed by atoms with E-state index in [0.29, 0.717) is 0 Å². The van der Waals surface area contributed by atoms with Crippen LogP contribution < -0.4 is 0 Å². The van der Waals surface area contributed by atoms with E-state index in [2.05, 4.69) is 62.4 Å². The number of aryl methyl sites for hydroxylation is 1. The summed E-state index contributed by atoms with van der Waals surface area (Å²) in [4.78, 5) is 0. The molecule has 2 aromatic rings. The van der Waals surface area contributed by atoms with Gasteiger partial charge in [-0.15, -0.1) is 0 Å². The molecule has 0 nitrogen and oxygen atoms in total. The standard InChI is InChI=1S/C19H24/c1-3-5-14-18-16(10-4-2)13-9-15-19(18)17-11-7-6-8-12-17/h6-9,11-13,15H,3-5,10,14H2,1-2H3. The molecule has 0 unspecified atom stereocenters. The summed E-state index contributed by atoms with van der Waals surface area (Å²) in [6.07, 6.45) is 6.16. The van der Waals surface area contributed by atoms with Crippen LogP contribution in [-0.4, -0.2) is 0 Å². The van der Waals surface area contributed by atoms with Crippen LogP contribution in [-0.2, 0) is 12.8 Å². The van der Waals surface area contributed by atoms with Crippen LogP contribution in [0.1, 0.15) is 44.2 Å². The molecule has 0 heteroatoms. The predicted molar refractivity (Wildman–Crippen MR) is 84.5 cm³/mol. The molecule has 0 saturated carbocycles. The van der Waals surface area contributed by atoms with Crippen molar-refractivity contribution < 1.29 is 0 Å². The minimum Gasteiger partial charge on any atom is -0.0654 e. The van der Waals surface area contributed by atoms with Crippen molar-refractivity contribution in [2.45, 2.75) is 46.0 Å². The zero-order valence-electron chi connectivity index (χ0n) is 12.2. The second kappa shape index (κ2) is 7.13. The van der Waals surface area contributed by atoms with E-state index >= 15 is 0 Å². The van der Waals surface area contributed by atoms with Gasteiger partial charge in [-0.3, -0.25) is 0 Å². The minimum atomic E-state index is 1.19. The molecule has 0 radical (unpaired) electrons. The first-order chi connectivity index (χ1) is 9.36. The molecule has 0 bridgehead atoms. The van der Waals surface area contributed by atoms with Crippen molar-refractivity contribution in [1.29, 1.82) is 0 Å². The Morgan fingerprint density at radius 3 is 2.21 bits per heavy atom. The highest BCUT2D eigenvalue weighted by molar-refractivity contribution is 5.68. The van der Waals surface area contributed by atoms with Gasteiger partial charge in [0, 0.05) is 0 Å². The first kappa shape index (κ1) is 13.9. The highest BCUT2D eigenvalue weighted by Crippen LogP contribution is 2.28. The molecule has 0 amide bonds. The van der Waals surface area contributed by atoms with Crippen LogP contribution in [0.5, 0.6) is 0 Å². The van der Waals surface area contributed by atoms with E-state index in [1.165, 1.54) is 48.8 Å². The van der Waals surface area contributed by atoms with E-state index in [-0.39, 0.29) is 0 Å². The van der Waals surface area contributed by atoms with Crippen LogP contribution in [0.15, 0.2) is 48.5 Å². The van der Waals surface area contributed by atoms with E-state index in [0.717, 1.165) is 0 Å². The maximum Gasteiger partial charge on any atom is -0.0149 e. The summed E-state index contributed by atoms with van der Waals surface area (Å²) < 4.78 is 0. The van der Waals surface area contributed by atoms with Gasteiger partial charge in [0.1, 0.15) is 0 Å². The average Bonchev–Trinajstić information content (AvgIpc) is 2.47. The highest BCUT2D eigenvalue weighted by atomic mass is 14.1. The molecule has 0 spiro atoms. The first-order valence-corrected chi connectivity index (χ1v) is 7.53. The maximum atomic E-state index is 2.31. The maximum absolute atomic E-state index is 2.31. The summed E-state index contributed by atoms with van der Waals surface area (Å²) in [6.45, 7) is 4.53. The van der Waals surface area contributed by atoms with Gasteiger partial charge in [-0.2, -0.15) is 0 Å². The number of hydrogen-bond acceptors (Lipinski definition) is 0. The van der Waals surface area contributed by atoms with E-state index < -0.39 is 0 Å². The fourth-order valence-electron chi connectivity index (χ4n) is 2.68. The van der Waals surface area contributed by atoms with Crippen molar-refractivity contribution in [3.05, 3.63) is 59.7 Å². The number of rotatable bonds is 6. The van der Waals surface area contributed by atoms with E-state index in [9.17, 15) is 0 Å². The Bertz CT molecular complexity index is 497. The SMILES string of the molecule is CCCCc1c(CCC)cccc1-c1ccccc1. The molecule has 0 saturated heterocycles. The van der Waals surface area contributed by atoms with Gasteiger partial charge in [-0.1, -0.05) is 75.2 Å². The molecule has 0 fully saturated rings. The molecule has 2 aromatic carbocycles. The summed E-state index contributed by atoms with van der Waals surface area (Å²) >= 11 is 0. The van der Waals surface area contributed by atoms with E-state index in [4.69, 9.17) is 0 Å². The lowest BCUT2D eigenvalue weighted by molar-refractivity contribution is 0.781. The zero-order valence-corrected chi connectivity index (χ0v) is 12.2. The van der Waals surface area contributed by atoms with Gasteiger partial charge in [0.2, 0.25) is 0 Å². The molecule has 0 aliphatic carbocycles. The summed E-state index contributed by atoms with van der Waals surface area (Å²) in [5, 5.41) is 0. The fraction of sp³-hybridized carbons (Fsp3) is 0.368. The average molecular weight is 252 g/mol. The smallest absolute Gasteiger partial charge is 0.0149 e. The number of benzene rings is 2. The van der Waals surface area contributed by atoms with Crippen molar-refractivity contribution in [2.24, 2.45) is 0 Å². The number of unbranched alkanes of at least 4 members (excludes halogenated alkanes) is 1. The molecule has 0 heterocycles. The molecule has 0 aliphatic heterocycles. The molecule has 2 rings (SSSR count). The van der Waals surface area contributed by atoms with Gasteiger partial charge in [-0.05, 0) is 41.5 Å². The molecule has 0 aromatic heterocycles. The van der Waals surface area contributed by atoms with Gasteiger partial charge < -0.3 is 0 Å². The Labute approximate surface area is 117 Å². The van der Waals surface area contributed by atoms with Crippen molar-refractivity contribution in [1.82, 2.24) is 0 Å². The summed E-state index contributed by atoms with van der Waals surface area (Å²) in [6, 6.07) is 17.6. The van der Waals surface area contributed by atoms with Crippen LogP contribution in [0.2, 0.25) is 0 Å². The van der Waals surface area contributed by atoms with Crippen LogP contribution in [0.4, 0.5) is 0 Å². The lowest BCUT2D eigenvalue weighted by Crippen LogP contribution is -1.98. The van der Waals surface area contributed by atoms with Crippen molar-refractivity contribution in [3.63, 3.8) is 0 Å². The van der Waals surface area contributed by atoms with Crippen molar-refractivity contribution >= 4 is 0 Å². The third kappa shape index (κ3) is 3.47. The third-order valence-corrected chi connectivity index (χ3v) is 3.66. The van der Waals surface area contributed by atoms with Crippen LogP contribution >= 0.6 is 0 Å². The predicted octanol–water partition coefficient (Wildman–Crippen LogP) is 5.65. The minimum absolute atomic E-state index is 1.19. The highest BCUT2D eigenvalue weighted by Gasteiger charge is 2.09. The normalized spacial score (nSPS) is 10.6. The summed E-state index contributed by atoms with van der Waals surface area (Å²) in [7, 11) is 0. The second-order valence-electron chi connectivity index (χ2n) is 5.16. The lowest BCUT2D eigenvalue weighted by atomic mass is 9.90. The molecule has 0 aliphatic rings. The Kier molecular flexibility index (Phi) is 5.20. The van der Waals surface area contributed by atoms with Crippen LogP contribution in [0.25, 0.3) is 11.1 Å². The van der Waals surface area contributed by atoms with Gasteiger partial charge in [0.25, 0.3) is 0 Å². The second-order valence-corrected chi connectivity index (χ2v) is 5.16. The van der Waals surface area contributed by atoms with Crippen LogP contribution in [0.3, 0.4) is 0 Å². The van der Waals surface area contributed by atoms with Crippen molar-refractivity contribution in [2.75, 3.05) is 0 Å². The molecular formula is C19H24. The quantitative estimate of drug-likeness (QED) is 0.623. The summed E-state index contributed by atoms with van der Waals surface area (Å²) in [5.41, 5.74) is 5.89. The summed E-state index contributed by atoms with van der Waals surface area (Å²) in [5.74, 6) is 0. The van der Waals surface area contributed by atoms with E-state index in [1.807, 2.05) is 0 Å². The van der Waals surface area contributed by atoms with E-state index in [1.54, 1.807) is 5.56 Å². The molecule has 100 valence electrons. The van der Waals surface area contributed by atoms with Gasteiger partial charge in [-0.25, -0.2) is 0 Å². The lowest BCUT2D eigenvalue weighted by Gasteiger charge is -2.15. The van der Waals surface area contributed by atoms with Gasteiger partial charge in [0.05, 0.1) is 0 Å². The zero-order chi connectivity index (χ0) is 13.5. The Balaban J connectivity index is 2.44. The van der Waals surface area contributed by atoms with Gasteiger partial charge in [0.15, 0.2) is 0 Å². The molecule has 19 heavy (non-hydrogen) atoms. The monoisotopic (exact) mass is 252 g/mol. The van der Waals surface area contributed by atoms with Gasteiger partial charge >= 0.3 is 0 Å².